The topological polar surface area (TPSA) is 70.6 Å². The molecule has 28 heavy (non-hydrogen) atoms. The van der Waals surface area contributed by atoms with Crippen molar-refractivity contribution >= 4 is 38.2 Å². The molecule has 4 rings (SSSR count). The van der Waals surface area contributed by atoms with Crippen LogP contribution < -0.4 is 14.5 Å². The first-order valence-corrected chi connectivity index (χ1v) is 12.0. The molecule has 0 radical (unpaired) electrons. The fourth-order valence-corrected chi connectivity index (χ4v) is 4.50. The van der Waals surface area contributed by atoms with E-state index in [2.05, 4.69) is 32.5 Å². The summed E-state index contributed by atoms with van der Waals surface area (Å²) in [6.45, 7) is 5.65. The van der Waals surface area contributed by atoms with Gasteiger partial charge in [0.05, 0.1) is 18.7 Å². The molecule has 2 atom stereocenters. The summed E-state index contributed by atoms with van der Waals surface area (Å²) in [5, 5.41) is 1.09. The second kappa shape index (κ2) is 8.23. The maximum Gasteiger partial charge on any atom is 0.228 e. The van der Waals surface area contributed by atoms with E-state index in [-0.39, 0.29) is 0 Å². The summed E-state index contributed by atoms with van der Waals surface area (Å²) in [5.74, 6) is 5.92. The van der Waals surface area contributed by atoms with Gasteiger partial charge < -0.3 is 14.5 Å². The molecule has 152 valence electrons. The lowest BCUT2D eigenvalue weighted by atomic mass is 9.98. The number of morpholine rings is 1. The van der Waals surface area contributed by atoms with Gasteiger partial charge in [-0.2, -0.15) is 4.98 Å². The number of hydrogen-bond acceptors (Lipinski definition) is 6. The van der Waals surface area contributed by atoms with Gasteiger partial charge in [0.15, 0.2) is 0 Å². The Balaban J connectivity index is 1.62. The summed E-state index contributed by atoms with van der Waals surface area (Å²) in [4.78, 5) is 14.4. The van der Waals surface area contributed by atoms with Crippen LogP contribution in [0.3, 0.4) is 0 Å². The van der Waals surface area contributed by atoms with E-state index in [0.717, 1.165) is 61.7 Å². The molecule has 1 aromatic carbocycles. The van der Waals surface area contributed by atoms with Gasteiger partial charge in [-0.3, -0.25) is 4.21 Å². The zero-order valence-electron chi connectivity index (χ0n) is 16.5. The Bertz CT molecular complexity index is 927. The quantitative estimate of drug-likeness (QED) is 0.764. The van der Waals surface area contributed by atoms with Gasteiger partial charge in [-0.15, -0.1) is 0 Å². The zero-order valence-corrected chi connectivity index (χ0v) is 17.3. The highest BCUT2D eigenvalue weighted by Gasteiger charge is 2.24. The minimum absolute atomic E-state index is 0.428. The van der Waals surface area contributed by atoms with Crippen LogP contribution in [0.25, 0.3) is 10.9 Å². The van der Waals surface area contributed by atoms with E-state index in [4.69, 9.17) is 14.7 Å². The van der Waals surface area contributed by atoms with E-state index in [1.165, 1.54) is 0 Å². The van der Waals surface area contributed by atoms with E-state index in [1.54, 1.807) is 6.26 Å². The number of nitrogens with one attached hydrogen (secondary N) is 1. The van der Waals surface area contributed by atoms with Crippen LogP contribution in [0.5, 0.6) is 0 Å². The maximum atomic E-state index is 11.9. The first kappa shape index (κ1) is 19.4. The van der Waals surface area contributed by atoms with Crippen molar-refractivity contribution in [3.05, 3.63) is 24.3 Å². The first-order valence-electron chi connectivity index (χ1n) is 9.91. The number of ether oxygens (including phenoxy) is 1. The minimum Gasteiger partial charge on any atom is -0.378 e. The Hall–Kier alpha value is -1.90. The van der Waals surface area contributed by atoms with Crippen LogP contribution in [-0.2, 0) is 14.4 Å². The smallest absolute Gasteiger partial charge is 0.228 e. The Labute approximate surface area is 167 Å². The number of aromatic nitrogens is 2. The molecule has 2 aliphatic rings. The van der Waals surface area contributed by atoms with E-state index in [9.17, 15) is 4.21 Å². The highest BCUT2D eigenvalue weighted by molar-refractivity contribution is 7.97. The molecule has 7 nitrogen and oxygen atoms in total. The fraction of sp³-hybridized carbons (Fsp3) is 0.550. The van der Waals surface area contributed by atoms with Gasteiger partial charge in [0.1, 0.15) is 5.82 Å². The van der Waals surface area contributed by atoms with Crippen molar-refractivity contribution in [2.24, 2.45) is 5.92 Å². The predicted molar refractivity (Wildman–Crippen MR) is 117 cm³/mol. The average molecular weight is 404 g/mol. The minimum atomic E-state index is -2.17. The van der Waals surface area contributed by atoms with Gasteiger partial charge in [0, 0.05) is 54.1 Å². The van der Waals surface area contributed by atoms with Crippen molar-refractivity contribution in [3.8, 4) is 0 Å². The summed E-state index contributed by atoms with van der Waals surface area (Å²) >= 11 is 0. The number of hydrogen-bond donors (Lipinski definition) is 1. The Kier molecular flexibility index (Phi) is 5.70. The largest absolute Gasteiger partial charge is 0.378 e. The molecule has 0 spiro atoms. The van der Waals surface area contributed by atoms with Crippen molar-refractivity contribution in [3.63, 3.8) is 0 Å². The molecule has 0 amide bonds. The molecule has 0 bridgehead atoms. The third kappa shape index (κ3) is 4.56. The highest BCUT2D eigenvalue weighted by atomic mass is 32.2. The van der Waals surface area contributed by atoms with E-state index < -0.39 is 9.71 Å². The molecule has 8 heteroatoms. The van der Waals surface area contributed by atoms with Gasteiger partial charge >= 0.3 is 0 Å². The van der Waals surface area contributed by atoms with E-state index >= 15 is 0 Å². The summed E-state index contributed by atoms with van der Waals surface area (Å²) in [7, 11) is -2.17. The number of para-hydroxylation sites is 1. The van der Waals surface area contributed by atoms with Crippen molar-refractivity contribution in [2.45, 2.75) is 12.8 Å². The summed E-state index contributed by atoms with van der Waals surface area (Å²) in [6, 6.07) is 8.23. The maximum absolute atomic E-state index is 11.9. The van der Waals surface area contributed by atoms with Crippen LogP contribution in [0.4, 0.5) is 11.8 Å². The summed E-state index contributed by atoms with van der Waals surface area (Å²) < 4.78 is 20.5. The molecular weight excluding hydrogens is 374 g/mol. The zero-order chi connectivity index (χ0) is 19.6. The first-order chi connectivity index (χ1) is 13.5. The van der Waals surface area contributed by atoms with Crippen LogP contribution in [0.1, 0.15) is 12.8 Å². The molecule has 2 fully saturated rings. The van der Waals surface area contributed by atoms with Crippen molar-refractivity contribution in [2.75, 3.05) is 62.0 Å². The molecule has 1 aromatic heterocycles. The van der Waals surface area contributed by atoms with Crippen LogP contribution >= 0.6 is 0 Å². The molecule has 2 aliphatic heterocycles. The molecular formula is C20H29N5O2S. The molecule has 0 saturated carbocycles. The molecule has 2 aromatic rings. The molecule has 2 unspecified atom stereocenters. The lowest BCUT2D eigenvalue weighted by Crippen LogP contribution is -2.42. The van der Waals surface area contributed by atoms with Gasteiger partial charge in [0.25, 0.3) is 0 Å². The SMILES string of the molecule is C=S(C)(=O)NCC1CCCN(c2nc(N3CCOCC3)nc3ccccc23)C1. The van der Waals surface area contributed by atoms with Crippen molar-refractivity contribution in [1.29, 1.82) is 0 Å². The van der Waals surface area contributed by atoms with E-state index in [1.807, 2.05) is 12.1 Å². The fourth-order valence-electron chi connectivity index (χ4n) is 3.91. The normalized spacial score (nSPS) is 23.0. The second-order valence-corrected chi connectivity index (χ2v) is 10.1. The van der Waals surface area contributed by atoms with Crippen molar-refractivity contribution < 1.29 is 8.95 Å². The number of fused-ring (bicyclic) bond motifs is 1. The number of piperidine rings is 1. The molecule has 1 N–H and O–H groups in total. The number of nitrogens with zero attached hydrogens (tertiary/aromatic N) is 4. The van der Waals surface area contributed by atoms with Gasteiger partial charge in [-0.25, -0.2) is 9.71 Å². The van der Waals surface area contributed by atoms with Gasteiger partial charge in [-0.1, -0.05) is 12.1 Å². The Morgan fingerprint density at radius 1 is 1.21 bits per heavy atom. The summed E-state index contributed by atoms with van der Waals surface area (Å²) in [6.07, 6.45) is 3.87. The monoisotopic (exact) mass is 403 g/mol. The van der Waals surface area contributed by atoms with Crippen LogP contribution in [-0.4, -0.2) is 72.2 Å². The Morgan fingerprint density at radius 2 is 2.00 bits per heavy atom. The third-order valence-corrected chi connectivity index (χ3v) is 6.14. The summed E-state index contributed by atoms with van der Waals surface area (Å²) in [5.41, 5.74) is 0.976. The van der Waals surface area contributed by atoms with Crippen LogP contribution in [0.15, 0.2) is 24.3 Å². The van der Waals surface area contributed by atoms with Crippen molar-refractivity contribution in [1.82, 2.24) is 14.7 Å². The molecule has 2 saturated heterocycles. The molecule has 0 aliphatic carbocycles. The van der Waals surface area contributed by atoms with Gasteiger partial charge in [-0.05, 0) is 36.8 Å². The molecule has 3 heterocycles. The number of rotatable bonds is 5. The second-order valence-electron chi connectivity index (χ2n) is 7.77. The Morgan fingerprint density at radius 3 is 2.79 bits per heavy atom. The van der Waals surface area contributed by atoms with Crippen LogP contribution in [0, 0.1) is 5.92 Å². The lowest BCUT2D eigenvalue weighted by Gasteiger charge is -2.35. The lowest BCUT2D eigenvalue weighted by molar-refractivity contribution is 0.122. The number of benzene rings is 1. The van der Waals surface area contributed by atoms with Crippen LogP contribution in [0.2, 0.25) is 0 Å². The van der Waals surface area contributed by atoms with Gasteiger partial charge in [0.2, 0.25) is 5.95 Å². The third-order valence-electron chi connectivity index (χ3n) is 5.36. The highest BCUT2D eigenvalue weighted by Crippen LogP contribution is 2.30. The average Bonchev–Trinajstić information content (AvgIpc) is 2.72. The number of anilines is 2. The standard InChI is InChI=1S/C20H29N5O2S/c1-28(2,26)21-14-16-6-5-9-25(15-16)19-17-7-3-4-8-18(17)22-20(23-19)24-10-12-27-13-11-24/h3-4,7-8,16H,1,5-6,9-15H2,2H3,(H,21,26). The van der Waals surface area contributed by atoms with E-state index in [0.29, 0.717) is 25.7 Å². The predicted octanol–water partition coefficient (Wildman–Crippen LogP) is 1.53.